The Morgan fingerprint density at radius 2 is 0.594 bits per heavy atom. The van der Waals surface area contributed by atoms with Crippen LogP contribution in [0.15, 0.2) is 0 Å². The zero-order valence-corrected chi connectivity index (χ0v) is 47.8. The number of hydrogen-bond donors (Lipinski definition) is 1. The predicted octanol–water partition coefficient (Wildman–Crippen LogP) is 18.7. The molecule has 69 heavy (non-hydrogen) atoms. The van der Waals surface area contributed by atoms with Gasteiger partial charge < -0.3 is 19.8 Å². The second-order valence-corrected chi connectivity index (χ2v) is 22.7. The van der Waals surface area contributed by atoms with Crippen molar-refractivity contribution in [3.63, 3.8) is 0 Å². The average molecular weight is 973 g/mol. The lowest BCUT2D eigenvalue weighted by atomic mass is 9.83. The van der Waals surface area contributed by atoms with Crippen molar-refractivity contribution >= 4 is 11.8 Å². The van der Waals surface area contributed by atoms with Gasteiger partial charge in [0.25, 0.3) is 0 Å². The van der Waals surface area contributed by atoms with Gasteiger partial charge in [-0.05, 0) is 89.6 Å². The number of carbonyl (C=O) groups excluding carboxylic acids is 2. The van der Waals surface area contributed by atoms with Crippen LogP contribution in [0.2, 0.25) is 0 Å². The fourth-order valence-electron chi connectivity index (χ4n) is 11.2. The molecule has 6 nitrogen and oxygen atoms in total. The van der Waals surface area contributed by atoms with E-state index in [4.69, 9.17) is 0 Å². The standard InChI is InChI=1S/C63H125N3O3/c1-6-10-14-18-22-26-34-44-54-65(55-45-35-27-23-19-15-11-7-2)62(68)48-40-32-30-38-42-52-64(60-50-51-61(67)59(5)58-60)53-43-39-31-33-41-49-63(69)66(56-46-36-28-24-20-16-12-8-3)57-47-37-29-25-21-17-13-9-4/h59-61,67H,6-58H2,1-5H3. The van der Waals surface area contributed by atoms with Crippen molar-refractivity contribution in [2.45, 2.75) is 349 Å². The molecule has 0 aliphatic heterocycles. The normalized spacial score (nSPS) is 16.2. The summed E-state index contributed by atoms with van der Waals surface area (Å²) in [4.78, 5) is 34.3. The maximum atomic E-state index is 13.5. The minimum absolute atomic E-state index is 0.137. The molecule has 3 atom stereocenters. The van der Waals surface area contributed by atoms with Crippen LogP contribution >= 0.6 is 0 Å². The van der Waals surface area contributed by atoms with Gasteiger partial charge in [0.05, 0.1) is 6.10 Å². The second-order valence-electron chi connectivity index (χ2n) is 22.7. The molecule has 0 radical (unpaired) electrons. The third-order valence-corrected chi connectivity index (χ3v) is 16.1. The molecule has 2 amide bonds. The van der Waals surface area contributed by atoms with Gasteiger partial charge in [0.15, 0.2) is 0 Å². The molecular weight excluding hydrogens is 847 g/mol. The van der Waals surface area contributed by atoms with Crippen molar-refractivity contribution in [2.75, 3.05) is 39.3 Å². The Labute approximate surface area is 433 Å². The SMILES string of the molecule is CCCCCCCCCCN(CCCCCCCCCC)C(=O)CCCCCCCN(CCCCCCCC(=O)N(CCCCCCCCCC)CCCCCCCCCC)C1CCC(O)C(C)C1. The van der Waals surface area contributed by atoms with Crippen molar-refractivity contribution < 1.29 is 14.7 Å². The van der Waals surface area contributed by atoms with E-state index in [-0.39, 0.29) is 6.10 Å². The van der Waals surface area contributed by atoms with Crippen LogP contribution in [0, 0.1) is 5.92 Å². The Kier molecular flexibility index (Phi) is 48.1. The number of aliphatic hydroxyl groups excluding tert-OH is 1. The van der Waals surface area contributed by atoms with Crippen molar-refractivity contribution in [3.05, 3.63) is 0 Å². The zero-order chi connectivity index (χ0) is 50.1. The molecule has 0 saturated heterocycles. The predicted molar refractivity (Wildman–Crippen MR) is 303 cm³/mol. The average Bonchev–Trinajstić information content (AvgIpc) is 3.35. The van der Waals surface area contributed by atoms with Crippen LogP contribution in [0.5, 0.6) is 0 Å². The van der Waals surface area contributed by atoms with Gasteiger partial charge in [-0.1, -0.05) is 253 Å². The molecule has 0 aromatic rings. The summed E-state index contributed by atoms with van der Waals surface area (Å²) in [5.74, 6) is 1.22. The number of aliphatic hydroxyl groups is 1. The van der Waals surface area contributed by atoms with Gasteiger partial charge in [-0.15, -0.1) is 0 Å². The largest absolute Gasteiger partial charge is 0.393 e. The summed E-state index contributed by atoms with van der Waals surface area (Å²) in [5.41, 5.74) is 0. The lowest BCUT2D eigenvalue weighted by molar-refractivity contribution is -0.132. The Morgan fingerprint density at radius 3 is 0.870 bits per heavy atom. The molecule has 6 heteroatoms. The van der Waals surface area contributed by atoms with Crippen LogP contribution in [0.3, 0.4) is 0 Å². The summed E-state index contributed by atoms with van der Waals surface area (Å²) < 4.78 is 0. The minimum Gasteiger partial charge on any atom is -0.393 e. The van der Waals surface area contributed by atoms with Crippen LogP contribution in [0.4, 0.5) is 0 Å². The summed E-state index contributed by atoms with van der Waals surface area (Å²) in [6.45, 7) is 17.6. The van der Waals surface area contributed by atoms with E-state index < -0.39 is 0 Å². The molecule has 0 aromatic carbocycles. The Balaban J connectivity index is 2.49. The number of carbonyl (C=O) groups is 2. The van der Waals surface area contributed by atoms with E-state index in [2.05, 4.69) is 49.3 Å². The molecule has 3 unspecified atom stereocenters. The Bertz CT molecular complexity index is 976. The van der Waals surface area contributed by atoms with Crippen molar-refractivity contribution in [1.29, 1.82) is 0 Å². The molecule has 1 rings (SSSR count). The second kappa shape index (κ2) is 50.4. The lowest BCUT2D eigenvalue weighted by Gasteiger charge is -2.39. The summed E-state index contributed by atoms with van der Waals surface area (Å²) in [6, 6.07) is 0.597. The molecule has 1 saturated carbocycles. The van der Waals surface area contributed by atoms with Crippen LogP contribution < -0.4 is 0 Å². The Morgan fingerprint density at radius 1 is 0.348 bits per heavy atom. The van der Waals surface area contributed by atoms with Crippen LogP contribution in [-0.4, -0.2) is 83.0 Å². The van der Waals surface area contributed by atoms with Gasteiger partial charge in [0.2, 0.25) is 11.8 Å². The highest BCUT2D eigenvalue weighted by Crippen LogP contribution is 2.29. The van der Waals surface area contributed by atoms with E-state index >= 15 is 0 Å². The van der Waals surface area contributed by atoms with E-state index in [1.54, 1.807) is 0 Å². The van der Waals surface area contributed by atoms with E-state index in [1.165, 1.54) is 270 Å². The third kappa shape index (κ3) is 40.0. The fourth-order valence-corrected chi connectivity index (χ4v) is 11.2. The lowest BCUT2D eigenvalue weighted by Crippen LogP contribution is -2.43. The fraction of sp³-hybridized carbons (Fsp3) is 0.968. The summed E-state index contributed by atoms with van der Waals surface area (Å²) in [5, 5.41) is 10.5. The van der Waals surface area contributed by atoms with E-state index in [0.717, 1.165) is 71.1 Å². The Hall–Kier alpha value is -1.14. The highest BCUT2D eigenvalue weighted by atomic mass is 16.3. The first-order chi connectivity index (χ1) is 33.9. The van der Waals surface area contributed by atoms with Crippen LogP contribution in [0.25, 0.3) is 0 Å². The van der Waals surface area contributed by atoms with Gasteiger partial charge in [0, 0.05) is 45.1 Å². The van der Waals surface area contributed by atoms with Gasteiger partial charge >= 0.3 is 0 Å². The molecule has 1 aliphatic rings. The quantitative estimate of drug-likeness (QED) is 0.0617. The first-order valence-corrected chi connectivity index (χ1v) is 31.8. The summed E-state index contributed by atoms with van der Waals surface area (Å²) >= 11 is 0. The highest BCUT2D eigenvalue weighted by Gasteiger charge is 2.29. The van der Waals surface area contributed by atoms with Gasteiger partial charge in [-0.3, -0.25) is 9.59 Å². The number of amides is 2. The molecule has 410 valence electrons. The third-order valence-electron chi connectivity index (χ3n) is 16.1. The van der Waals surface area contributed by atoms with Crippen LogP contribution in [0.1, 0.15) is 336 Å². The molecule has 0 bridgehead atoms. The molecule has 1 N–H and O–H groups in total. The van der Waals surface area contributed by atoms with E-state index in [1.807, 2.05) is 0 Å². The van der Waals surface area contributed by atoms with Gasteiger partial charge in [-0.25, -0.2) is 0 Å². The van der Waals surface area contributed by atoms with E-state index in [0.29, 0.717) is 23.8 Å². The van der Waals surface area contributed by atoms with Gasteiger partial charge in [0.1, 0.15) is 0 Å². The van der Waals surface area contributed by atoms with Crippen molar-refractivity contribution in [2.24, 2.45) is 5.92 Å². The monoisotopic (exact) mass is 972 g/mol. The zero-order valence-electron chi connectivity index (χ0n) is 47.8. The summed E-state index contributed by atoms with van der Waals surface area (Å²) in [7, 11) is 0. The maximum Gasteiger partial charge on any atom is 0.222 e. The number of hydrogen-bond acceptors (Lipinski definition) is 4. The molecule has 1 aliphatic carbocycles. The molecular formula is C63H125N3O3. The first-order valence-electron chi connectivity index (χ1n) is 31.8. The molecule has 1 fully saturated rings. The number of rotatable bonds is 53. The molecule has 0 heterocycles. The van der Waals surface area contributed by atoms with Gasteiger partial charge in [-0.2, -0.15) is 0 Å². The van der Waals surface area contributed by atoms with E-state index in [9.17, 15) is 14.7 Å². The van der Waals surface area contributed by atoms with Crippen molar-refractivity contribution in [1.82, 2.24) is 14.7 Å². The summed E-state index contributed by atoms with van der Waals surface area (Å²) in [6.07, 6.45) is 58.6. The maximum absolute atomic E-state index is 13.5. The molecule has 0 spiro atoms. The van der Waals surface area contributed by atoms with Crippen LogP contribution in [-0.2, 0) is 9.59 Å². The van der Waals surface area contributed by atoms with Crippen molar-refractivity contribution in [3.8, 4) is 0 Å². The molecule has 0 aromatic heterocycles. The topological polar surface area (TPSA) is 64.1 Å². The first kappa shape index (κ1) is 65.9. The number of nitrogens with zero attached hydrogens (tertiary/aromatic N) is 3. The number of unbranched alkanes of at least 4 members (excludes halogenated alkanes) is 36. The minimum atomic E-state index is -0.137. The smallest absolute Gasteiger partial charge is 0.222 e. The highest BCUT2D eigenvalue weighted by molar-refractivity contribution is 5.76.